The highest BCUT2D eigenvalue weighted by atomic mass is 16.7. The number of carbonyl (C=O) groups excluding carboxylic acids is 2. The van der Waals surface area contributed by atoms with Crippen LogP contribution in [0.25, 0.3) is 11.3 Å². The molecule has 1 fully saturated rings. The number of nitrogens with one attached hydrogen (secondary N) is 3. The van der Waals surface area contributed by atoms with Gasteiger partial charge >= 0.3 is 6.10 Å². The lowest BCUT2D eigenvalue weighted by molar-refractivity contribution is -0.323. The molecule has 38 heavy (non-hydrogen) atoms. The van der Waals surface area contributed by atoms with Crippen LogP contribution in [0.3, 0.4) is 0 Å². The number of methoxy groups -OCH3 is 1. The van der Waals surface area contributed by atoms with Gasteiger partial charge < -0.3 is 35.8 Å². The molecule has 14 nitrogen and oxygen atoms in total. The average molecular weight is 528 g/mol. The average Bonchev–Trinajstić information content (AvgIpc) is 3.58. The van der Waals surface area contributed by atoms with Crippen LogP contribution >= 0.6 is 0 Å². The molecule has 0 bridgehead atoms. The van der Waals surface area contributed by atoms with E-state index in [1.165, 1.54) is 13.2 Å². The van der Waals surface area contributed by atoms with Gasteiger partial charge in [-0.25, -0.2) is 0 Å². The molecule has 1 saturated carbocycles. The van der Waals surface area contributed by atoms with Crippen LogP contribution in [0.1, 0.15) is 42.9 Å². The van der Waals surface area contributed by atoms with Crippen LogP contribution in [0.5, 0.6) is 5.75 Å². The van der Waals surface area contributed by atoms with Gasteiger partial charge in [0.2, 0.25) is 5.91 Å². The molecule has 0 unspecified atom stereocenters. The topological polar surface area (TPSA) is 204 Å². The molecule has 202 valence electrons. The monoisotopic (exact) mass is 527 g/mol. The molecule has 0 spiro atoms. The summed E-state index contributed by atoms with van der Waals surface area (Å²) in [7, 11) is 3.15. The molecule has 2 aromatic heterocycles. The van der Waals surface area contributed by atoms with E-state index >= 15 is 0 Å². The van der Waals surface area contributed by atoms with Gasteiger partial charge in [0.05, 0.1) is 29.9 Å². The van der Waals surface area contributed by atoms with E-state index in [0.717, 1.165) is 12.8 Å². The van der Waals surface area contributed by atoms with Crippen molar-refractivity contribution >= 4 is 29.0 Å². The van der Waals surface area contributed by atoms with Crippen LogP contribution in [-0.2, 0) is 17.4 Å². The molecule has 1 aromatic carbocycles. The van der Waals surface area contributed by atoms with E-state index in [2.05, 4.69) is 25.9 Å². The predicted octanol–water partition coefficient (Wildman–Crippen LogP) is 0.523. The number of hydrogen-bond acceptors (Lipinski definition) is 11. The van der Waals surface area contributed by atoms with Crippen LogP contribution in [0.15, 0.2) is 30.3 Å². The number of nitrogens with zero attached hydrogens (tertiary/aromatic N) is 4. The van der Waals surface area contributed by atoms with Crippen LogP contribution in [0, 0.1) is 5.92 Å². The zero-order valence-corrected chi connectivity index (χ0v) is 21.2. The number of benzene rings is 1. The highest BCUT2D eigenvalue weighted by Gasteiger charge is 2.31. The molecule has 0 saturated heterocycles. The van der Waals surface area contributed by atoms with Crippen molar-refractivity contribution in [1.29, 1.82) is 0 Å². The van der Waals surface area contributed by atoms with Crippen molar-refractivity contribution in [1.82, 2.24) is 25.3 Å². The minimum atomic E-state index is -3.50. The van der Waals surface area contributed by atoms with Gasteiger partial charge in [-0.3, -0.25) is 19.6 Å². The van der Waals surface area contributed by atoms with Crippen molar-refractivity contribution in [2.24, 2.45) is 13.0 Å². The zero-order valence-electron chi connectivity index (χ0n) is 21.2. The number of amides is 2. The van der Waals surface area contributed by atoms with E-state index in [4.69, 9.17) is 4.74 Å². The first-order chi connectivity index (χ1) is 17.8. The molecule has 14 heteroatoms. The number of rotatable bonds is 9. The Morgan fingerprint density at radius 1 is 1.08 bits per heavy atom. The third-order valence-corrected chi connectivity index (χ3v) is 5.76. The van der Waals surface area contributed by atoms with Crippen molar-refractivity contribution in [3.63, 3.8) is 0 Å². The van der Waals surface area contributed by atoms with Gasteiger partial charge in [-0.2, -0.15) is 5.10 Å². The molecule has 1 aliphatic carbocycles. The minimum Gasteiger partial charge on any atom is -0.494 e. The number of carbonyl (C=O) groups is 2. The molecule has 1 aliphatic rings. The Balaban J connectivity index is 1.74. The first-order valence-electron chi connectivity index (χ1n) is 11.7. The second kappa shape index (κ2) is 9.98. The molecule has 2 amide bonds. The summed E-state index contributed by atoms with van der Waals surface area (Å²) in [4.78, 5) is 24.8. The summed E-state index contributed by atoms with van der Waals surface area (Å²) < 4.78 is 7.21. The Morgan fingerprint density at radius 3 is 2.37 bits per heavy atom. The van der Waals surface area contributed by atoms with Gasteiger partial charge in [-0.05, 0) is 44.9 Å². The number of aromatic nitrogens is 4. The smallest absolute Gasteiger partial charge is 0.369 e. The second-order valence-corrected chi connectivity index (χ2v) is 9.45. The normalized spacial score (nSPS) is 13.7. The number of ether oxygens (including phenoxy) is 1. The van der Waals surface area contributed by atoms with Gasteiger partial charge in [0, 0.05) is 24.6 Å². The fraction of sp³-hybridized carbons (Fsp3) is 0.375. The molecule has 0 radical (unpaired) electrons. The number of aliphatic hydroxyl groups is 4. The van der Waals surface area contributed by atoms with E-state index in [1.54, 1.807) is 55.2 Å². The summed E-state index contributed by atoms with van der Waals surface area (Å²) in [5.41, 5.74) is 0.480. The molecule has 3 aromatic rings. The van der Waals surface area contributed by atoms with Gasteiger partial charge in [0.15, 0.2) is 17.3 Å². The van der Waals surface area contributed by atoms with E-state index in [1.807, 2.05) is 0 Å². The third-order valence-electron chi connectivity index (χ3n) is 5.76. The Kier molecular flexibility index (Phi) is 7.08. The van der Waals surface area contributed by atoms with Gasteiger partial charge in [0.1, 0.15) is 5.60 Å². The number of anilines is 3. The summed E-state index contributed by atoms with van der Waals surface area (Å²) in [5, 5.41) is 57.4. The maximum Gasteiger partial charge on any atom is 0.369 e. The van der Waals surface area contributed by atoms with Crippen molar-refractivity contribution in [2.75, 3.05) is 17.7 Å². The summed E-state index contributed by atoms with van der Waals surface area (Å²) >= 11 is 0. The molecule has 0 aliphatic heterocycles. The number of hydrogen-bond donors (Lipinski definition) is 7. The molecule has 2 heterocycles. The Morgan fingerprint density at radius 2 is 1.79 bits per heavy atom. The van der Waals surface area contributed by atoms with Crippen LogP contribution in [0.4, 0.5) is 17.2 Å². The van der Waals surface area contributed by atoms with Crippen LogP contribution in [0.2, 0.25) is 0 Å². The summed E-state index contributed by atoms with van der Waals surface area (Å²) in [6, 6.07) is 8.20. The summed E-state index contributed by atoms with van der Waals surface area (Å²) in [6.07, 6.45) is -1.96. The highest BCUT2D eigenvalue weighted by Crippen LogP contribution is 2.39. The van der Waals surface area contributed by atoms with Crippen molar-refractivity contribution in [3.8, 4) is 17.0 Å². The summed E-state index contributed by atoms with van der Waals surface area (Å²) in [6.45, 7) is 3.29. The Bertz CT molecular complexity index is 1370. The largest absolute Gasteiger partial charge is 0.494 e. The molecule has 7 N–H and O–H groups in total. The van der Waals surface area contributed by atoms with Gasteiger partial charge in [0.25, 0.3) is 5.91 Å². The lowest BCUT2D eigenvalue weighted by atomic mass is 10.0. The van der Waals surface area contributed by atoms with Gasteiger partial charge in [-0.15, -0.1) is 10.2 Å². The fourth-order valence-corrected chi connectivity index (χ4v) is 3.87. The number of aryl methyl sites for hydroxylation is 1. The lowest BCUT2D eigenvalue weighted by Gasteiger charge is -2.18. The van der Waals surface area contributed by atoms with E-state index in [0.29, 0.717) is 28.4 Å². The Labute approximate surface area is 217 Å². The highest BCUT2D eigenvalue weighted by molar-refractivity contribution is 6.00. The molecular weight excluding hydrogens is 498 g/mol. The van der Waals surface area contributed by atoms with Crippen molar-refractivity contribution < 1.29 is 34.8 Å². The van der Waals surface area contributed by atoms with E-state index in [-0.39, 0.29) is 23.3 Å². The van der Waals surface area contributed by atoms with Gasteiger partial charge in [-0.1, -0.05) is 6.07 Å². The standard InChI is InChI=1S/C24H29N7O7/c1-23(2,34)17-10-15(30-31(17)3)13-6-5-7-14(20(13)38-4)25-16-11-18(26-21(32)12-8-9-12)28-29-19(16)22(33)27-24(35,36)37/h5-7,10-12,34-37H,8-9H2,1-4H3,(H,27,33)(H2,25,26,28,32). The molecular formula is C24H29N7O7. The maximum absolute atomic E-state index is 12.6. The first kappa shape index (κ1) is 26.9. The fourth-order valence-electron chi connectivity index (χ4n) is 3.87. The second-order valence-electron chi connectivity index (χ2n) is 9.45. The lowest BCUT2D eigenvalue weighted by Crippen LogP contribution is -2.48. The van der Waals surface area contributed by atoms with Crippen LogP contribution in [-0.4, -0.2) is 65.4 Å². The minimum absolute atomic E-state index is 0.0153. The van der Waals surface area contributed by atoms with Crippen molar-refractivity contribution in [3.05, 3.63) is 41.7 Å². The van der Waals surface area contributed by atoms with E-state index in [9.17, 15) is 30.0 Å². The SMILES string of the molecule is COc1c(Nc2cc(NC(=O)C3CC3)nnc2C(=O)NC(O)(O)O)cccc1-c1cc(C(C)(C)O)n(C)n1. The van der Waals surface area contributed by atoms with E-state index < -0.39 is 23.3 Å². The third kappa shape index (κ3) is 6.06. The van der Waals surface area contributed by atoms with Crippen molar-refractivity contribution in [2.45, 2.75) is 38.4 Å². The number of para-hydroxylation sites is 1. The first-order valence-corrected chi connectivity index (χ1v) is 11.7. The predicted molar refractivity (Wildman–Crippen MR) is 134 cm³/mol. The van der Waals surface area contributed by atoms with Crippen LogP contribution < -0.4 is 20.7 Å². The maximum atomic E-state index is 12.6. The quantitative estimate of drug-likeness (QED) is 0.191. The summed E-state index contributed by atoms with van der Waals surface area (Å²) in [5.74, 6) is -1.12. The Hall–Kier alpha value is -4.11. The molecule has 4 rings (SSSR count). The molecule has 0 atom stereocenters. The zero-order chi connectivity index (χ0) is 27.8.